The normalized spacial score (nSPS) is 13.5. The molecule has 2 unspecified atom stereocenters. The Morgan fingerprint density at radius 1 is 0.564 bits per heavy atom. The van der Waals surface area contributed by atoms with Crippen LogP contribution in [0.15, 0.2) is 60.8 Å². The fraction of sp³-hybridized carbons (Fsp3) is 0.723. The van der Waals surface area contributed by atoms with Gasteiger partial charge in [-0.2, -0.15) is 0 Å². The van der Waals surface area contributed by atoms with Crippen molar-refractivity contribution < 1.29 is 38.2 Å². The minimum atomic E-state index is -0.884. The van der Waals surface area contributed by atoms with Gasteiger partial charge in [0, 0.05) is 19.3 Å². The predicted molar refractivity (Wildman–Crippen MR) is 229 cm³/mol. The van der Waals surface area contributed by atoms with Crippen LogP contribution in [0.1, 0.15) is 168 Å². The second-order valence-electron chi connectivity index (χ2n) is 15.6. The number of hydrogen-bond donors (Lipinski definition) is 1. The van der Waals surface area contributed by atoms with E-state index in [0.717, 1.165) is 57.8 Å². The van der Waals surface area contributed by atoms with Crippen LogP contribution in [0.3, 0.4) is 0 Å². The zero-order valence-electron chi connectivity index (χ0n) is 35.9. The first-order valence-electron chi connectivity index (χ1n) is 21.8. The monoisotopic (exact) mass is 773 g/mol. The zero-order chi connectivity index (χ0) is 40.7. The number of ether oxygens (including phenoxy) is 3. The van der Waals surface area contributed by atoms with Gasteiger partial charge in [-0.15, -0.1) is 0 Å². The van der Waals surface area contributed by atoms with Gasteiger partial charge in [-0.3, -0.25) is 9.59 Å². The van der Waals surface area contributed by atoms with E-state index < -0.39 is 18.1 Å². The summed E-state index contributed by atoms with van der Waals surface area (Å²) in [7, 11) is 5.51. The van der Waals surface area contributed by atoms with E-state index in [1.807, 2.05) is 21.1 Å². The molecule has 0 aliphatic rings. The molecule has 0 radical (unpaired) electrons. The van der Waals surface area contributed by atoms with Gasteiger partial charge < -0.3 is 23.8 Å². The van der Waals surface area contributed by atoms with Crippen molar-refractivity contribution in [3.63, 3.8) is 0 Å². The molecule has 0 spiro atoms. The average molecular weight is 773 g/mol. The van der Waals surface area contributed by atoms with Crippen LogP contribution < -0.4 is 0 Å². The molecule has 0 aromatic heterocycles. The molecule has 8 heteroatoms. The second kappa shape index (κ2) is 37.9. The van der Waals surface area contributed by atoms with Gasteiger partial charge in [-0.25, -0.2) is 4.79 Å². The maximum atomic E-state index is 12.7. The van der Waals surface area contributed by atoms with Crippen LogP contribution in [0.25, 0.3) is 0 Å². The number of aliphatic carboxylic acids is 1. The van der Waals surface area contributed by atoms with Crippen molar-refractivity contribution in [1.82, 2.24) is 0 Å². The Morgan fingerprint density at radius 2 is 1.02 bits per heavy atom. The topological polar surface area (TPSA) is 99.1 Å². The summed E-state index contributed by atoms with van der Waals surface area (Å²) in [5, 5.41) is 9.61. The van der Waals surface area contributed by atoms with Crippen molar-refractivity contribution in [3.05, 3.63) is 60.8 Å². The average Bonchev–Trinajstić information content (AvgIpc) is 3.14. The van der Waals surface area contributed by atoms with Crippen molar-refractivity contribution in [2.45, 2.75) is 180 Å². The third-order valence-electron chi connectivity index (χ3n) is 9.43. The molecule has 8 nitrogen and oxygen atoms in total. The molecular formula is C47H82NO7+. The number of unbranched alkanes of at least 4 members (excludes halogenated alkanes) is 14. The van der Waals surface area contributed by atoms with Crippen LogP contribution in [0.5, 0.6) is 0 Å². The van der Waals surface area contributed by atoms with Crippen molar-refractivity contribution in [2.24, 2.45) is 0 Å². The maximum Gasteiger partial charge on any atom is 0.362 e. The fourth-order valence-electron chi connectivity index (χ4n) is 6.07. The van der Waals surface area contributed by atoms with E-state index in [1.165, 1.54) is 70.6 Å². The summed E-state index contributed by atoms with van der Waals surface area (Å²) in [5.41, 5.74) is 0. The Balaban J connectivity index is 4.45. The summed E-state index contributed by atoms with van der Waals surface area (Å²) in [6, 6.07) is -0.623. The molecule has 55 heavy (non-hydrogen) atoms. The number of rotatable bonds is 38. The lowest BCUT2D eigenvalue weighted by atomic mass is 10.0. The molecule has 0 bridgehead atoms. The number of esters is 2. The molecule has 2 atom stereocenters. The number of nitrogens with zero attached hydrogens (tertiary/aromatic N) is 1. The number of allylic oxidation sites excluding steroid dienone is 10. The first kappa shape index (κ1) is 52.0. The lowest BCUT2D eigenvalue weighted by Gasteiger charge is -2.31. The van der Waals surface area contributed by atoms with E-state index >= 15 is 0 Å². The van der Waals surface area contributed by atoms with Gasteiger partial charge >= 0.3 is 17.9 Å². The number of quaternary nitrogens is 1. The SMILES string of the molecule is CC/C=C/C/C=C/C/C=C/C/C=C/C/C=C/CCCC(=O)OCC(COCCC(C(=O)O)[N+](C)(C)C)OC(=O)CCCCCCCCCCCCCCCC. The summed E-state index contributed by atoms with van der Waals surface area (Å²) in [4.78, 5) is 36.9. The molecule has 0 aromatic carbocycles. The van der Waals surface area contributed by atoms with E-state index in [9.17, 15) is 19.5 Å². The third-order valence-corrected chi connectivity index (χ3v) is 9.43. The van der Waals surface area contributed by atoms with Gasteiger partial charge in [0.05, 0.1) is 34.4 Å². The number of carbonyl (C=O) groups excluding carboxylic acids is 2. The first-order chi connectivity index (χ1) is 26.6. The largest absolute Gasteiger partial charge is 0.477 e. The highest BCUT2D eigenvalue weighted by Crippen LogP contribution is 2.14. The summed E-state index contributed by atoms with van der Waals surface area (Å²) in [5.74, 6) is -1.54. The number of carboxylic acid groups (broad SMARTS) is 1. The van der Waals surface area contributed by atoms with Crippen LogP contribution in [0, 0.1) is 0 Å². The molecule has 0 aliphatic heterocycles. The maximum absolute atomic E-state index is 12.7. The Kier molecular flexibility index (Phi) is 35.9. The molecule has 0 saturated carbocycles. The predicted octanol–water partition coefficient (Wildman–Crippen LogP) is 11.8. The van der Waals surface area contributed by atoms with Gasteiger partial charge in [0.1, 0.15) is 6.61 Å². The van der Waals surface area contributed by atoms with E-state index in [-0.39, 0.29) is 42.7 Å². The van der Waals surface area contributed by atoms with Crippen molar-refractivity contribution in [1.29, 1.82) is 0 Å². The van der Waals surface area contributed by atoms with Crippen molar-refractivity contribution >= 4 is 17.9 Å². The van der Waals surface area contributed by atoms with E-state index in [0.29, 0.717) is 19.3 Å². The number of hydrogen-bond acceptors (Lipinski definition) is 6. The molecule has 0 aromatic rings. The first-order valence-corrected chi connectivity index (χ1v) is 21.8. The molecule has 0 amide bonds. The lowest BCUT2D eigenvalue weighted by Crippen LogP contribution is -2.50. The fourth-order valence-corrected chi connectivity index (χ4v) is 6.07. The Labute approximate surface area is 337 Å². The smallest absolute Gasteiger partial charge is 0.362 e. The van der Waals surface area contributed by atoms with Gasteiger partial charge in [0.15, 0.2) is 12.1 Å². The van der Waals surface area contributed by atoms with E-state index in [4.69, 9.17) is 14.2 Å². The minimum absolute atomic E-state index is 0.0429. The quantitative estimate of drug-likeness (QED) is 0.0289. The van der Waals surface area contributed by atoms with Crippen LogP contribution in [-0.4, -0.2) is 80.6 Å². The van der Waals surface area contributed by atoms with Gasteiger partial charge in [-0.05, 0) is 51.4 Å². The molecule has 0 rings (SSSR count). The van der Waals surface area contributed by atoms with Crippen LogP contribution in [-0.2, 0) is 28.6 Å². The Hall–Kier alpha value is -2.97. The number of carboxylic acids is 1. The number of likely N-dealkylation sites (N-methyl/N-ethyl adjacent to an activating group) is 1. The van der Waals surface area contributed by atoms with E-state index in [1.54, 1.807) is 0 Å². The molecule has 1 N–H and O–H groups in total. The summed E-state index contributed by atoms with van der Waals surface area (Å²) < 4.78 is 17.2. The standard InChI is InChI=1S/C47H81NO7/c1-6-8-10-12-14-16-18-20-22-23-24-26-27-29-31-33-35-37-45(49)54-42-43(41-53-40-39-44(47(51)52)48(3,4)5)55-46(50)38-36-34-32-30-28-25-21-19-17-15-13-11-9-7-2/h8,10,14,16,20,22,24,26,29,31,43-44H,6-7,9,11-13,15,17-19,21,23,25,27-28,30,32-42H2,1-5H3/p+1/b10-8+,16-14+,22-20+,26-24+,31-29+. The molecule has 0 saturated heterocycles. The summed E-state index contributed by atoms with van der Waals surface area (Å²) in [6.07, 6.45) is 45.5. The Morgan fingerprint density at radius 3 is 1.49 bits per heavy atom. The molecule has 0 aliphatic carbocycles. The Bertz CT molecular complexity index is 1090. The zero-order valence-corrected chi connectivity index (χ0v) is 35.9. The molecule has 0 fully saturated rings. The molecule has 0 heterocycles. The van der Waals surface area contributed by atoms with Gasteiger partial charge in [0.2, 0.25) is 0 Å². The second-order valence-corrected chi connectivity index (χ2v) is 15.6. The number of carbonyl (C=O) groups is 3. The highest BCUT2D eigenvalue weighted by molar-refractivity contribution is 5.72. The van der Waals surface area contributed by atoms with Crippen molar-refractivity contribution in [2.75, 3.05) is 41.0 Å². The molecule has 316 valence electrons. The third kappa shape index (κ3) is 36.4. The highest BCUT2D eigenvalue weighted by Gasteiger charge is 2.31. The summed E-state index contributed by atoms with van der Waals surface area (Å²) >= 11 is 0. The highest BCUT2D eigenvalue weighted by atomic mass is 16.6. The van der Waals surface area contributed by atoms with Crippen LogP contribution in [0.2, 0.25) is 0 Å². The van der Waals surface area contributed by atoms with Crippen LogP contribution >= 0.6 is 0 Å². The van der Waals surface area contributed by atoms with Crippen molar-refractivity contribution in [3.8, 4) is 0 Å². The van der Waals surface area contributed by atoms with Gasteiger partial charge in [0.25, 0.3) is 0 Å². The minimum Gasteiger partial charge on any atom is -0.477 e. The lowest BCUT2D eigenvalue weighted by molar-refractivity contribution is -0.887. The van der Waals surface area contributed by atoms with Gasteiger partial charge in [-0.1, -0.05) is 158 Å². The van der Waals surface area contributed by atoms with Crippen LogP contribution in [0.4, 0.5) is 0 Å². The molecular weight excluding hydrogens is 691 g/mol. The van der Waals surface area contributed by atoms with E-state index in [2.05, 4.69) is 74.6 Å². The summed E-state index contributed by atoms with van der Waals surface area (Å²) in [6.45, 7) is 4.56.